The van der Waals surface area contributed by atoms with E-state index in [4.69, 9.17) is 9.73 Å². The zero-order valence-electron chi connectivity index (χ0n) is 11.7. The van der Waals surface area contributed by atoms with Gasteiger partial charge in [-0.15, -0.1) is 0 Å². The number of rotatable bonds is 3. The molecular weight excluding hydrogens is 234 g/mol. The molecule has 2 heteroatoms. The van der Waals surface area contributed by atoms with Crippen LogP contribution in [0.3, 0.4) is 0 Å². The molecule has 4 rings (SSSR count). The van der Waals surface area contributed by atoms with Crippen molar-refractivity contribution in [1.29, 1.82) is 0 Å². The molecule has 0 saturated heterocycles. The van der Waals surface area contributed by atoms with Gasteiger partial charge in [0.05, 0.1) is 5.69 Å². The van der Waals surface area contributed by atoms with E-state index < -0.39 is 0 Å². The predicted molar refractivity (Wildman–Crippen MR) is 76.9 cm³/mol. The summed E-state index contributed by atoms with van der Waals surface area (Å²) in [4.78, 5) is 4.73. The van der Waals surface area contributed by atoms with Crippen molar-refractivity contribution in [2.45, 2.75) is 51.6 Å². The first kappa shape index (κ1) is 11.5. The van der Waals surface area contributed by atoms with Crippen LogP contribution in [0.4, 0.5) is 5.69 Å². The number of fused-ring (bicyclic) bond motifs is 1. The van der Waals surface area contributed by atoms with Crippen molar-refractivity contribution < 1.29 is 4.74 Å². The summed E-state index contributed by atoms with van der Waals surface area (Å²) in [5, 5.41) is 0. The Morgan fingerprint density at radius 3 is 2.68 bits per heavy atom. The van der Waals surface area contributed by atoms with Crippen LogP contribution in [0.2, 0.25) is 0 Å². The SMILES string of the molecule is CC1=Nc2c([C@H](C)C3CC3)cccc2[C@@H](C2CC2)O1. The molecule has 3 aliphatic rings. The Bertz CT molecular complexity index is 540. The second-order valence-electron chi connectivity index (χ2n) is 6.42. The molecule has 2 atom stereocenters. The van der Waals surface area contributed by atoms with Crippen LogP contribution in [-0.2, 0) is 4.74 Å². The third-order valence-corrected chi connectivity index (χ3v) is 4.84. The van der Waals surface area contributed by atoms with Crippen molar-refractivity contribution in [2.24, 2.45) is 16.8 Å². The van der Waals surface area contributed by atoms with Crippen LogP contribution in [0.25, 0.3) is 0 Å². The molecule has 2 fully saturated rings. The summed E-state index contributed by atoms with van der Waals surface area (Å²) in [6, 6.07) is 6.69. The molecule has 0 unspecified atom stereocenters. The molecule has 1 aliphatic heterocycles. The van der Waals surface area contributed by atoms with Crippen molar-refractivity contribution in [2.75, 3.05) is 0 Å². The van der Waals surface area contributed by atoms with E-state index in [0.717, 1.165) is 17.7 Å². The van der Waals surface area contributed by atoms with Gasteiger partial charge in [-0.05, 0) is 43.1 Å². The highest BCUT2D eigenvalue weighted by Crippen LogP contribution is 2.51. The average Bonchev–Trinajstić information content (AvgIpc) is 3.29. The maximum atomic E-state index is 6.00. The summed E-state index contributed by atoms with van der Waals surface area (Å²) in [6.45, 7) is 4.36. The van der Waals surface area contributed by atoms with E-state index in [2.05, 4.69) is 25.1 Å². The normalized spacial score (nSPS) is 27.3. The maximum absolute atomic E-state index is 6.00. The second-order valence-corrected chi connectivity index (χ2v) is 6.42. The van der Waals surface area contributed by atoms with Gasteiger partial charge in [-0.1, -0.05) is 25.1 Å². The summed E-state index contributed by atoms with van der Waals surface area (Å²) in [6.07, 6.45) is 5.64. The molecular formula is C17H21NO. The van der Waals surface area contributed by atoms with Gasteiger partial charge < -0.3 is 4.74 Å². The first-order valence-corrected chi connectivity index (χ1v) is 7.59. The van der Waals surface area contributed by atoms with Crippen LogP contribution in [0.15, 0.2) is 23.2 Å². The largest absolute Gasteiger partial charge is 0.472 e. The van der Waals surface area contributed by atoms with Gasteiger partial charge in [0.15, 0.2) is 5.90 Å². The molecule has 0 radical (unpaired) electrons. The standard InChI is InChI=1S/C17H21NO/c1-10(12-6-7-12)14-4-3-5-15-16(14)18-11(2)19-17(15)13-8-9-13/h3-5,10,12-13,17H,6-9H2,1-2H3/t10-,17-/m1/s1. The lowest BCUT2D eigenvalue weighted by atomic mass is 9.90. The average molecular weight is 255 g/mol. The third kappa shape index (κ3) is 1.98. The highest BCUT2D eigenvalue weighted by Gasteiger charge is 2.39. The smallest absolute Gasteiger partial charge is 0.185 e. The first-order valence-electron chi connectivity index (χ1n) is 7.59. The molecule has 2 aliphatic carbocycles. The Kier molecular flexibility index (Phi) is 2.48. The first-order chi connectivity index (χ1) is 9.24. The minimum atomic E-state index is 0.263. The van der Waals surface area contributed by atoms with Crippen molar-refractivity contribution in [3.63, 3.8) is 0 Å². The van der Waals surface area contributed by atoms with Crippen molar-refractivity contribution in [3.8, 4) is 0 Å². The van der Waals surface area contributed by atoms with E-state index in [1.807, 2.05) is 6.92 Å². The number of hydrogen-bond donors (Lipinski definition) is 0. The Balaban J connectivity index is 1.80. The minimum Gasteiger partial charge on any atom is -0.472 e. The zero-order chi connectivity index (χ0) is 13.0. The summed E-state index contributed by atoms with van der Waals surface area (Å²) >= 11 is 0. The van der Waals surface area contributed by atoms with Crippen LogP contribution in [0.5, 0.6) is 0 Å². The van der Waals surface area contributed by atoms with E-state index in [1.165, 1.54) is 42.5 Å². The van der Waals surface area contributed by atoms with Gasteiger partial charge in [0.25, 0.3) is 0 Å². The van der Waals surface area contributed by atoms with E-state index in [9.17, 15) is 0 Å². The van der Waals surface area contributed by atoms with Gasteiger partial charge in [0.2, 0.25) is 0 Å². The molecule has 1 heterocycles. The molecule has 100 valence electrons. The third-order valence-electron chi connectivity index (χ3n) is 4.84. The summed E-state index contributed by atoms with van der Waals surface area (Å²) < 4.78 is 6.00. The van der Waals surface area contributed by atoms with E-state index >= 15 is 0 Å². The van der Waals surface area contributed by atoms with Crippen LogP contribution >= 0.6 is 0 Å². The van der Waals surface area contributed by atoms with E-state index in [-0.39, 0.29) is 6.10 Å². The molecule has 2 saturated carbocycles. The summed E-state index contributed by atoms with van der Waals surface area (Å²) in [5.41, 5.74) is 3.99. The van der Waals surface area contributed by atoms with Crippen LogP contribution in [-0.4, -0.2) is 5.90 Å². The highest BCUT2D eigenvalue weighted by molar-refractivity contribution is 5.81. The van der Waals surface area contributed by atoms with Gasteiger partial charge in [-0.25, -0.2) is 4.99 Å². The second kappa shape index (κ2) is 4.09. The summed E-state index contributed by atoms with van der Waals surface area (Å²) in [5.74, 6) is 3.09. The van der Waals surface area contributed by atoms with Gasteiger partial charge >= 0.3 is 0 Å². The molecule has 1 aromatic rings. The van der Waals surface area contributed by atoms with Gasteiger partial charge in [0, 0.05) is 18.4 Å². The monoisotopic (exact) mass is 255 g/mol. The Morgan fingerprint density at radius 2 is 2.00 bits per heavy atom. The maximum Gasteiger partial charge on any atom is 0.185 e. The van der Waals surface area contributed by atoms with Gasteiger partial charge in [-0.3, -0.25) is 0 Å². The highest BCUT2D eigenvalue weighted by atomic mass is 16.5. The Labute approximate surface area is 114 Å². The molecule has 0 bridgehead atoms. The fraction of sp³-hybridized carbons (Fsp3) is 0.588. The molecule has 0 amide bonds. The summed E-state index contributed by atoms with van der Waals surface area (Å²) in [7, 11) is 0. The Morgan fingerprint density at radius 1 is 1.21 bits per heavy atom. The molecule has 0 spiro atoms. The van der Waals surface area contributed by atoms with Crippen LogP contribution < -0.4 is 0 Å². The lowest BCUT2D eigenvalue weighted by molar-refractivity contribution is 0.161. The zero-order valence-corrected chi connectivity index (χ0v) is 11.7. The number of hydrogen-bond acceptors (Lipinski definition) is 2. The fourth-order valence-electron chi connectivity index (χ4n) is 3.34. The lowest BCUT2D eigenvalue weighted by Gasteiger charge is -2.27. The lowest BCUT2D eigenvalue weighted by Crippen LogP contribution is -2.16. The fourth-order valence-corrected chi connectivity index (χ4v) is 3.34. The van der Waals surface area contributed by atoms with Crippen molar-refractivity contribution in [3.05, 3.63) is 29.3 Å². The molecule has 0 N–H and O–H groups in total. The number of benzene rings is 1. The molecule has 1 aromatic carbocycles. The molecule has 2 nitrogen and oxygen atoms in total. The topological polar surface area (TPSA) is 21.6 Å². The quantitative estimate of drug-likeness (QED) is 0.765. The van der Waals surface area contributed by atoms with Crippen molar-refractivity contribution >= 4 is 11.6 Å². The molecule has 0 aromatic heterocycles. The van der Waals surface area contributed by atoms with Gasteiger partial charge in [-0.2, -0.15) is 0 Å². The van der Waals surface area contributed by atoms with Crippen LogP contribution in [0.1, 0.15) is 62.7 Å². The van der Waals surface area contributed by atoms with Gasteiger partial charge in [0.1, 0.15) is 6.10 Å². The predicted octanol–water partition coefficient (Wildman–Crippen LogP) is 4.73. The Hall–Kier alpha value is -1.31. The number of para-hydroxylation sites is 1. The number of aliphatic imine (C=N–C) groups is 1. The number of nitrogens with zero attached hydrogens (tertiary/aromatic N) is 1. The van der Waals surface area contributed by atoms with E-state index in [0.29, 0.717) is 5.92 Å². The molecule has 19 heavy (non-hydrogen) atoms. The van der Waals surface area contributed by atoms with E-state index in [1.54, 1.807) is 0 Å². The van der Waals surface area contributed by atoms with Crippen LogP contribution in [0, 0.1) is 11.8 Å². The number of ether oxygens (including phenoxy) is 1. The minimum absolute atomic E-state index is 0.263. The van der Waals surface area contributed by atoms with Crippen molar-refractivity contribution in [1.82, 2.24) is 0 Å².